The zero-order chi connectivity index (χ0) is 18.1. The second-order valence-electron chi connectivity index (χ2n) is 5.98. The second-order valence-corrected chi connectivity index (χ2v) is 7.74. The zero-order valence-electron chi connectivity index (χ0n) is 14.0. The van der Waals surface area contributed by atoms with Crippen molar-refractivity contribution >= 4 is 16.0 Å². The molecule has 0 fully saturated rings. The van der Waals surface area contributed by atoms with E-state index in [-0.39, 0.29) is 12.2 Å². The molecule has 2 aromatic carbocycles. The minimum absolute atomic E-state index is 0.221. The molecule has 6 heteroatoms. The molecule has 0 aromatic heterocycles. The number of sulfonamides is 1. The SMILES string of the molecule is O=C(O)[C@@H](CCCCc1ccccc1)NS(=O)(=O)Cc1ccccc1. The van der Waals surface area contributed by atoms with E-state index in [2.05, 4.69) is 4.72 Å². The smallest absolute Gasteiger partial charge is 0.321 e. The molecule has 25 heavy (non-hydrogen) atoms. The highest BCUT2D eigenvalue weighted by Gasteiger charge is 2.23. The topological polar surface area (TPSA) is 83.5 Å². The molecule has 2 aromatic rings. The Morgan fingerprint density at radius 3 is 2.04 bits per heavy atom. The van der Waals surface area contributed by atoms with E-state index in [1.165, 1.54) is 5.56 Å². The lowest BCUT2D eigenvalue weighted by molar-refractivity contribution is -0.139. The van der Waals surface area contributed by atoms with Crippen LogP contribution in [0.25, 0.3) is 0 Å². The van der Waals surface area contributed by atoms with Crippen LogP contribution in [0.1, 0.15) is 30.4 Å². The lowest BCUT2D eigenvalue weighted by Crippen LogP contribution is -2.41. The van der Waals surface area contributed by atoms with Crippen molar-refractivity contribution in [2.75, 3.05) is 0 Å². The Morgan fingerprint density at radius 1 is 0.920 bits per heavy atom. The van der Waals surface area contributed by atoms with E-state index in [1.54, 1.807) is 30.3 Å². The van der Waals surface area contributed by atoms with Gasteiger partial charge in [0.2, 0.25) is 10.0 Å². The molecule has 0 aliphatic carbocycles. The molecule has 0 saturated heterocycles. The summed E-state index contributed by atoms with van der Waals surface area (Å²) in [6.45, 7) is 0. The van der Waals surface area contributed by atoms with Crippen molar-refractivity contribution in [3.63, 3.8) is 0 Å². The molecule has 0 unspecified atom stereocenters. The van der Waals surface area contributed by atoms with Crippen molar-refractivity contribution in [2.24, 2.45) is 0 Å². The Morgan fingerprint density at radius 2 is 1.48 bits per heavy atom. The number of aryl methyl sites for hydroxylation is 1. The van der Waals surface area contributed by atoms with Crippen LogP contribution < -0.4 is 4.72 Å². The average molecular weight is 361 g/mol. The summed E-state index contributed by atoms with van der Waals surface area (Å²) in [6, 6.07) is 17.6. The Kier molecular flexibility index (Phi) is 7.16. The number of hydrogen-bond acceptors (Lipinski definition) is 3. The molecule has 0 spiro atoms. The highest BCUT2D eigenvalue weighted by Crippen LogP contribution is 2.10. The van der Waals surface area contributed by atoms with Gasteiger partial charge in [-0.1, -0.05) is 67.1 Å². The molecule has 0 bridgehead atoms. The quantitative estimate of drug-likeness (QED) is 0.637. The van der Waals surface area contributed by atoms with E-state index in [4.69, 9.17) is 0 Å². The average Bonchev–Trinajstić information content (AvgIpc) is 2.59. The van der Waals surface area contributed by atoms with Crippen LogP contribution in [0.2, 0.25) is 0 Å². The van der Waals surface area contributed by atoms with Gasteiger partial charge in [0.1, 0.15) is 6.04 Å². The lowest BCUT2D eigenvalue weighted by Gasteiger charge is -2.15. The van der Waals surface area contributed by atoms with Crippen LogP contribution in [-0.4, -0.2) is 25.5 Å². The van der Waals surface area contributed by atoms with Crippen LogP contribution in [0, 0.1) is 0 Å². The maximum atomic E-state index is 12.2. The molecule has 0 aliphatic rings. The Bertz CT molecular complexity index is 761. The number of aliphatic carboxylic acids is 1. The van der Waals surface area contributed by atoms with Gasteiger partial charge < -0.3 is 5.11 Å². The number of rotatable bonds is 10. The zero-order valence-corrected chi connectivity index (χ0v) is 14.8. The first-order chi connectivity index (χ1) is 12.0. The molecule has 5 nitrogen and oxygen atoms in total. The molecule has 0 saturated carbocycles. The Balaban J connectivity index is 1.84. The van der Waals surface area contributed by atoms with E-state index in [1.807, 2.05) is 30.3 Å². The highest BCUT2D eigenvalue weighted by atomic mass is 32.2. The standard InChI is InChI=1S/C19H23NO4S/c21-19(22)18(14-8-7-11-16-9-3-1-4-10-16)20-25(23,24)15-17-12-5-2-6-13-17/h1-6,9-10,12-13,18,20H,7-8,11,14-15H2,(H,21,22)/t18-/m1/s1. The van der Waals surface area contributed by atoms with Gasteiger partial charge in [-0.05, 0) is 30.4 Å². The Hall–Kier alpha value is -2.18. The van der Waals surface area contributed by atoms with Gasteiger partial charge in [0.15, 0.2) is 0 Å². The first kappa shape index (κ1) is 19.1. The summed E-state index contributed by atoms with van der Waals surface area (Å²) < 4.78 is 26.7. The third-order valence-corrected chi connectivity index (χ3v) is 5.23. The summed E-state index contributed by atoms with van der Waals surface area (Å²) in [5, 5.41) is 9.29. The minimum Gasteiger partial charge on any atom is -0.480 e. The Labute approximate surface area is 148 Å². The normalized spacial score (nSPS) is 12.6. The van der Waals surface area contributed by atoms with Crippen LogP contribution in [-0.2, 0) is 27.0 Å². The minimum atomic E-state index is -3.70. The van der Waals surface area contributed by atoms with Crippen molar-refractivity contribution in [1.82, 2.24) is 4.72 Å². The second kappa shape index (κ2) is 9.34. The molecule has 0 amide bonds. The summed E-state index contributed by atoms with van der Waals surface area (Å²) in [5.74, 6) is -1.36. The molecular formula is C19H23NO4S. The fourth-order valence-electron chi connectivity index (χ4n) is 2.61. The molecular weight excluding hydrogens is 338 g/mol. The third kappa shape index (κ3) is 7.07. The van der Waals surface area contributed by atoms with E-state index in [0.29, 0.717) is 12.0 Å². The maximum Gasteiger partial charge on any atom is 0.321 e. The first-order valence-electron chi connectivity index (χ1n) is 8.27. The van der Waals surface area contributed by atoms with Crippen molar-refractivity contribution in [2.45, 2.75) is 37.5 Å². The predicted octanol–water partition coefficient (Wildman–Crippen LogP) is 2.97. The van der Waals surface area contributed by atoms with Crippen LogP contribution in [0.15, 0.2) is 60.7 Å². The van der Waals surface area contributed by atoms with Gasteiger partial charge in [-0.15, -0.1) is 0 Å². The number of carboxylic acids is 1. The molecule has 2 N–H and O–H groups in total. The van der Waals surface area contributed by atoms with Gasteiger partial charge in [0.25, 0.3) is 0 Å². The number of benzene rings is 2. The molecule has 0 aliphatic heterocycles. The van der Waals surface area contributed by atoms with Gasteiger partial charge in [-0.25, -0.2) is 13.1 Å². The van der Waals surface area contributed by atoms with Crippen LogP contribution >= 0.6 is 0 Å². The largest absolute Gasteiger partial charge is 0.480 e. The monoisotopic (exact) mass is 361 g/mol. The van der Waals surface area contributed by atoms with Crippen LogP contribution in [0.3, 0.4) is 0 Å². The van der Waals surface area contributed by atoms with E-state index >= 15 is 0 Å². The fraction of sp³-hybridized carbons (Fsp3) is 0.316. The number of unbranched alkanes of at least 4 members (excludes halogenated alkanes) is 1. The van der Waals surface area contributed by atoms with Crippen molar-refractivity contribution < 1.29 is 18.3 Å². The molecule has 0 radical (unpaired) electrons. The van der Waals surface area contributed by atoms with E-state index in [0.717, 1.165) is 12.8 Å². The fourth-order valence-corrected chi connectivity index (χ4v) is 3.97. The summed E-state index contributed by atoms with van der Waals surface area (Å²) in [6.07, 6.45) is 2.58. The van der Waals surface area contributed by atoms with Crippen molar-refractivity contribution in [3.8, 4) is 0 Å². The van der Waals surface area contributed by atoms with Crippen LogP contribution in [0.5, 0.6) is 0 Å². The van der Waals surface area contributed by atoms with Crippen molar-refractivity contribution in [3.05, 3.63) is 71.8 Å². The van der Waals surface area contributed by atoms with Gasteiger partial charge in [-0.3, -0.25) is 4.79 Å². The number of nitrogens with one attached hydrogen (secondary N) is 1. The number of carboxylic acid groups (broad SMARTS) is 1. The number of carbonyl (C=O) groups is 1. The summed E-state index contributed by atoms with van der Waals surface area (Å²) >= 11 is 0. The molecule has 2 rings (SSSR count). The maximum absolute atomic E-state index is 12.2. The molecule has 134 valence electrons. The molecule has 1 atom stereocenters. The number of hydrogen-bond donors (Lipinski definition) is 2. The third-order valence-electron chi connectivity index (χ3n) is 3.87. The van der Waals surface area contributed by atoms with Gasteiger partial charge in [0, 0.05) is 0 Å². The van der Waals surface area contributed by atoms with Gasteiger partial charge in [0.05, 0.1) is 5.75 Å². The highest BCUT2D eigenvalue weighted by molar-refractivity contribution is 7.88. The van der Waals surface area contributed by atoms with E-state index < -0.39 is 22.0 Å². The van der Waals surface area contributed by atoms with Crippen LogP contribution in [0.4, 0.5) is 0 Å². The summed E-state index contributed by atoms with van der Waals surface area (Å²) in [5.41, 5.74) is 1.82. The summed E-state index contributed by atoms with van der Waals surface area (Å²) in [4.78, 5) is 11.4. The van der Waals surface area contributed by atoms with Gasteiger partial charge in [-0.2, -0.15) is 0 Å². The van der Waals surface area contributed by atoms with Gasteiger partial charge >= 0.3 is 5.97 Å². The van der Waals surface area contributed by atoms with Crippen molar-refractivity contribution in [1.29, 1.82) is 0 Å². The summed E-state index contributed by atoms with van der Waals surface area (Å²) in [7, 11) is -3.70. The first-order valence-corrected chi connectivity index (χ1v) is 9.92. The lowest BCUT2D eigenvalue weighted by atomic mass is 10.0. The predicted molar refractivity (Wildman–Crippen MR) is 97.6 cm³/mol. The van der Waals surface area contributed by atoms with E-state index in [9.17, 15) is 18.3 Å². The molecule has 0 heterocycles.